The van der Waals surface area contributed by atoms with Crippen molar-refractivity contribution in [1.29, 1.82) is 0 Å². The lowest BCUT2D eigenvalue weighted by Gasteiger charge is -2.43. The van der Waals surface area contributed by atoms with Crippen LogP contribution in [-0.2, 0) is 18.8 Å². The van der Waals surface area contributed by atoms with Crippen LogP contribution in [0.5, 0.6) is 5.75 Å². The molecule has 0 aliphatic carbocycles. The molecule has 1 aliphatic rings. The van der Waals surface area contributed by atoms with E-state index in [-0.39, 0.29) is 22.8 Å². The number of likely N-dealkylation sites (tertiary alicyclic amines) is 1. The number of carbonyl (C=O) groups excluding carboxylic acids is 2. The maximum atomic E-state index is 14.3. The predicted octanol–water partition coefficient (Wildman–Crippen LogP) is 7.04. The number of methoxy groups -OCH3 is 2. The normalized spacial score (nSPS) is 16.6. The molecule has 3 aromatic carbocycles. The molecule has 250 valence electrons. The van der Waals surface area contributed by atoms with E-state index in [1.165, 1.54) is 17.5 Å². The van der Waals surface area contributed by atoms with Gasteiger partial charge in [0.05, 0.1) is 20.1 Å². The van der Waals surface area contributed by atoms with Crippen LogP contribution in [0.2, 0.25) is 5.04 Å². The molecule has 0 aromatic heterocycles. The maximum Gasteiger partial charge on any atom is 0.328 e. The Balaban J connectivity index is 1.63. The lowest BCUT2D eigenvalue weighted by atomic mass is 9.82. The van der Waals surface area contributed by atoms with Gasteiger partial charge in [0, 0.05) is 13.2 Å². The Labute approximate surface area is 282 Å². The largest absolute Gasteiger partial charge is 0.497 e. The molecule has 3 aromatic rings. The summed E-state index contributed by atoms with van der Waals surface area (Å²) in [4.78, 5) is 28.7. The molecule has 0 N–H and O–H groups in total. The smallest absolute Gasteiger partial charge is 0.328 e. The molecule has 0 saturated carbocycles. The van der Waals surface area contributed by atoms with E-state index in [0.717, 1.165) is 29.7 Å². The Bertz CT molecular complexity index is 1470. The van der Waals surface area contributed by atoms with Crippen LogP contribution in [0, 0.1) is 11.8 Å². The van der Waals surface area contributed by atoms with E-state index in [1.807, 2.05) is 43.3 Å². The van der Waals surface area contributed by atoms with Gasteiger partial charge in [-0.05, 0) is 71.6 Å². The summed E-state index contributed by atoms with van der Waals surface area (Å²) in [5, 5.41) is 2.36. The molecule has 47 heavy (non-hydrogen) atoms. The molecular formula is C40H51NO5Si. The molecule has 1 aliphatic heterocycles. The SMILES string of the molecule is C=C(C)[C@@H](CCCO[Si](c1ccccc1)(c1ccccc1)C(C)(C)C)[C@@H](/C=C/c1cccc(OC)c1)C(=O)N1CCC[C@H]1C(=O)OC. The van der Waals surface area contributed by atoms with Crippen LogP contribution >= 0.6 is 0 Å². The Morgan fingerprint density at radius 2 is 1.62 bits per heavy atom. The number of hydrogen-bond donors (Lipinski definition) is 0. The third kappa shape index (κ3) is 8.32. The van der Waals surface area contributed by atoms with Gasteiger partial charge in [-0.1, -0.05) is 118 Å². The van der Waals surface area contributed by atoms with Crippen molar-refractivity contribution in [3.63, 3.8) is 0 Å². The van der Waals surface area contributed by atoms with E-state index >= 15 is 0 Å². The minimum atomic E-state index is -2.69. The third-order valence-electron chi connectivity index (χ3n) is 9.35. The summed E-state index contributed by atoms with van der Waals surface area (Å²) in [6, 6.07) is 28.5. The Hall–Kier alpha value is -3.94. The summed E-state index contributed by atoms with van der Waals surface area (Å²) in [7, 11) is 0.333. The molecule has 0 unspecified atom stereocenters. The second-order valence-electron chi connectivity index (χ2n) is 13.5. The molecule has 0 radical (unpaired) electrons. The predicted molar refractivity (Wildman–Crippen MR) is 193 cm³/mol. The van der Waals surface area contributed by atoms with Gasteiger partial charge in [0.1, 0.15) is 11.8 Å². The lowest BCUT2D eigenvalue weighted by Crippen LogP contribution is -2.66. The van der Waals surface area contributed by atoms with Crippen LogP contribution in [0.1, 0.15) is 58.9 Å². The van der Waals surface area contributed by atoms with Crippen LogP contribution in [0.4, 0.5) is 0 Å². The summed E-state index contributed by atoms with van der Waals surface area (Å²) in [6.45, 7) is 14.3. The van der Waals surface area contributed by atoms with Crippen molar-refractivity contribution in [2.75, 3.05) is 27.4 Å². The first-order valence-electron chi connectivity index (χ1n) is 16.6. The summed E-state index contributed by atoms with van der Waals surface area (Å²) >= 11 is 0. The van der Waals surface area contributed by atoms with Gasteiger partial charge in [-0.2, -0.15) is 0 Å². The molecule has 1 heterocycles. The number of hydrogen-bond acceptors (Lipinski definition) is 5. The second kappa shape index (κ2) is 16.2. The highest BCUT2D eigenvalue weighted by Crippen LogP contribution is 2.37. The van der Waals surface area contributed by atoms with Crippen molar-refractivity contribution in [3.8, 4) is 5.75 Å². The van der Waals surface area contributed by atoms with Crippen molar-refractivity contribution in [3.05, 3.63) is 109 Å². The quantitative estimate of drug-likeness (QED) is 0.0809. The summed E-state index contributed by atoms with van der Waals surface area (Å²) < 4.78 is 17.7. The van der Waals surface area contributed by atoms with Gasteiger partial charge in [0.2, 0.25) is 5.91 Å². The van der Waals surface area contributed by atoms with Gasteiger partial charge < -0.3 is 18.8 Å². The monoisotopic (exact) mass is 653 g/mol. The zero-order chi connectivity index (χ0) is 34.0. The first-order chi connectivity index (χ1) is 22.5. The third-order valence-corrected chi connectivity index (χ3v) is 14.4. The number of carbonyl (C=O) groups is 2. The van der Waals surface area contributed by atoms with Gasteiger partial charge in [-0.25, -0.2) is 4.79 Å². The van der Waals surface area contributed by atoms with E-state index in [0.29, 0.717) is 26.0 Å². The topological polar surface area (TPSA) is 65.1 Å². The fraction of sp³-hybridized carbons (Fsp3) is 0.400. The van der Waals surface area contributed by atoms with Crippen LogP contribution < -0.4 is 15.1 Å². The molecule has 1 amide bonds. The average Bonchev–Trinajstić information content (AvgIpc) is 3.57. The lowest BCUT2D eigenvalue weighted by molar-refractivity contribution is -0.152. The summed E-state index contributed by atoms with van der Waals surface area (Å²) in [6.07, 6.45) is 6.79. The van der Waals surface area contributed by atoms with Crippen molar-refractivity contribution in [1.82, 2.24) is 4.90 Å². The van der Waals surface area contributed by atoms with E-state index < -0.39 is 20.3 Å². The Kier molecular flexibility index (Phi) is 12.4. The Morgan fingerprint density at radius 3 is 2.17 bits per heavy atom. The van der Waals surface area contributed by atoms with E-state index in [9.17, 15) is 9.59 Å². The molecule has 4 rings (SSSR count). The van der Waals surface area contributed by atoms with Gasteiger partial charge in [0.25, 0.3) is 8.32 Å². The van der Waals surface area contributed by atoms with E-state index in [2.05, 4.69) is 88.0 Å². The molecule has 1 fully saturated rings. The highest BCUT2D eigenvalue weighted by Gasteiger charge is 2.50. The van der Waals surface area contributed by atoms with Crippen molar-refractivity contribution >= 4 is 36.6 Å². The van der Waals surface area contributed by atoms with Gasteiger partial charge >= 0.3 is 5.97 Å². The van der Waals surface area contributed by atoms with Crippen molar-refractivity contribution < 1.29 is 23.5 Å². The fourth-order valence-electron chi connectivity index (χ4n) is 6.97. The molecule has 3 atom stereocenters. The first kappa shape index (κ1) is 35.9. The first-order valence-corrected chi connectivity index (χ1v) is 18.5. The summed E-state index contributed by atoms with van der Waals surface area (Å²) in [5.74, 6) is -0.338. The van der Waals surface area contributed by atoms with Gasteiger partial charge in [-0.3, -0.25) is 4.79 Å². The van der Waals surface area contributed by atoms with Crippen LogP contribution in [-0.4, -0.2) is 58.5 Å². The molecule has 0 bridgehead atoms. The van der Waals surface area contributed by atoms with Gasteiger partial charge in [0.15, 0.2) is 0 Å². The number of benzene rings is 3. The molecule has 1 saturated heterocycles. The Morgan fingerprint density at radius 1 is 0.979 bits per heavy atom. The maximum absolute atomic E-state index is 14.3. The van der Waals surface area contributed by atoms with E-state index in [1.54, 1.807) is 12.0 Å². The van der Waals surface area contributed by atoms with Crippen molar-refractivity contribution in [2.45, 2.75) is 64.5 Å². The molecule has 6 nitrogen and oxygen atoms in total. The zero-order valence-electron chi connectivity index (χ0n) is 28.9. The minimum Gasteiger partial charge on any atom is -0.497 e. The molecular weight excluding hydrogens is 603 g/mol. The number of nitrogens with zero attached hydrogens (tertiary/aromatic N) is 1. The molecule has 7 heteroatoms. The van der Waals surface area contributed by atoms with E-state index in [4.69, 9.17) is 13.9 Å². The van der Waals surface area contributed by atoms with Crippen LogP contribution in [0.25, 0.3) is 6.08 Å². The second-order valence-corrected chi connectivity index (χ2v) is 17.8. The highest BCUT2D eigenvalue weighted by molar-refractivity contribution is 6.99. The highest BCUT2D eigenvalue weighted by atomic mass is 28.4. The fourth-order valence-corrected chi connectivity index (χ4v) is 11.6. The number of esters is 1. The number of rotatable bonds is 14. The zero-order valence-corrected chi connectivity index (χ0v) is 29.9. The summed E-state index contributed by atoms with van der Waals surface area (Å²) in [5.41, 5.74) is 1.86. The van der Waals surface area contributed by atoms with Crippen LogP contribution in [0.3, 0.4) is 0 Å². The van der Waals surface area contributed by atoms with Crippen molar-refractivity contribution in [2.24, 2.45) is 11.8 Å². The number of allylic oxidation sites excluding steroid dienone is 1. The van der Waals surface area contributed by atoms with Crippen LogP contribution in [0.15, 0.2) is 103 Å². The van der Waals surface area contributed by atoms with Gasteiger partial charge in [-0.15, -0.1) is 0 Å². The number of ether oxygens (including phenoxy) is 2. The average molecular weight is 654 g/mol. The minimum absolute atomic E-state index is 0.0713. The standard InChI is InChI=1S/C40H51NO5Si/c1-30(2)35(23-16-28-46-47(40(3,4)5,33-19-10-8-11-20-33)34-21-12-9-13-22-34)36(26-25-31-17-14-18-32(29-31)44-6)38(42)41-27-15-24-37(41)39(43)45-7/h8-14,17-22,25-26,29,35-37H,1,15-16,23-24,27-28H2,2-7H3/b26-25+/t35-,36-,37+/m1/s1. The molecule has 0 spiro atoms. The number of amides is 1.